The molecule has 0 aliphatic heterocycles. The largest absolute Gasteiger partial charge is 0.345 e. The Morgan fingerprint density at radius 1 is 1.62 bits per heavy atom. The van der Waals surface area contributed by atoms with E-state index in [9.17, 15) is 0 Å². The zero-order valence-corrected chi connectivity index (χ0v) is 8.30. The summed E-state index contributed by atoms with van der Waals surface area (Å²) in [5.74, 6) is 0.977. The van der Waals surface area contributed by atoms with Crippen LogP contribution in [0.1, 0.15) is 24.9 Å². The Kier molecular flexibility index (Phi) is 4.26. The Morgan fingerprint density at radius 2 is 2.46 bits per heavy atom. The molecular formula is C10H17N3. The van der Waals surface area contributed by atoms with E-state index in [1.54, 1.807) is 0 Å². The van der Waals surface area contributed by atoms with Gasteiger partial charge in [0, 0.05) is 18.4 Å². The van der Waals surface area contributed by atoms with Gasteiger partial charge in [-0.1, -0.05) is 12.2 Å². The summed E-state index contributed by atoms with van der Waals surface area (Å²) in [6.45, 7) is 5.89. The summed E-state index contributed by atoms with van der Waals surface area (Å²) in [4.78, 5) is 7.30. The molecule has 0 amide bonds. The van der Waals surface area contributed by atoms with Crippen molar-refractivity contribution in [3.8, 4) is 0 Å². The van der Waals surface area contributed by atoms with E-state index in [1.807, 2.05) is 20.0 Å². The van der Waals surface area contributed by atoms with E-state index in [-0.39, 0.29) is 0 Å². The number of rotatable bonds is 5. The normalized spacial score (nSPS) is 11.2. The van der Waals surface area contributed by atoms with Crippen LogP contribution in [0, 0.1) is 6.92 Å². The second-order valence-electron chi connectivity index (χ2n) is 3.03. The zero-order chi connectivity index (χ0) is 9.52. The first-order chi connectivity index (χ1) is 6.33. The molecule has 1 aromatic heterocycles. The maximum atomic E-state index is 4.12. The summed E-state index contributed by atoms with van der Waals surface area (Å²) in [6, 6.07) is 0. The number of imidazole rings is 1. The van der Waals surface area contributed by atoms with Gasteiger partial charge >= 0.3 is 0 Å². The highest BCUT2D eigenvalue weighted by Gasteiger charge is 1.94. The Morgan fingerprint density at radius 3 is 3.08 bits per heavy atom. The third-order valence-corrected chi connectivity index (χ3v) is 1.79. The van der Waals surface area contributed by atoms with Gasteiger partial charge in [0.05, 0.1) is 0 Å². The lowest BCUT2D eigenvalue weighted by atomic mass is 10.3. The van der Waals surface area contributed by atoms with Crippen LogP contribution >= 0.6 is 0 Å². The smallest absolute Gasteiger partial charge is 0.103 e. The molecule has 0 bridgehead atoms. The quantitative estimate of drug-likeness (QED) is 0.534. The van der Waals surface area contributed by atoms with Crippen LogP contribution in [0.15, 0.2) is 18.3 Å². The first-order valence-electron chi connectivity index (χ1n) is 4.65. The lowest BCUT2D eigenvalue weighted by molar-refractivity contribution is 0.684. The van der Waals surface area contributed by atoms with Crippen LogP contribution in [0.4, 0.5) is 0 Å². The second-order valence-corrected chi connectivity index (χ2v) is 3.03. The summed E-state index contributed by atoms with van der Waals surface area (Å²) in [5.41, 5.74) is 1.15. The minimum atomic E-state index is 0.873. The van der Waals surface area contributed by atoms with Gasteiger partial charge in [-0.25, -0.2) is 4.98 Å². The van der Waals surface area contributed by atoms with Crippen molar-refractivity contribution in [2.75, 3.05) is 6.54 Å². The van der Waals surface area contributed by atoms with E-state index in [4.69, 9.17) is 0 Å². The van der Waals surface area contributed by atoms with Crippen molar-refractivity contribution in [1.82, 2.24) is 15.3 Å². The third kappa shape index (κ3) is 3.90. The molecule has 0 unspecified atom stereocenters. The van der Waals surface area contributed by atoms with Gasteiger partial charge in [0.25, 0.3) is 0 Å². The molecule has 0 aliphatic rings. The number of nitrogens with zero attached hydrogens (tertiary/aromatic N) is 1. The van der Waals surface area contributed by atoms with Gasteiger partial charge in [0.15, 0.2) is 0 Å². The number of nitrogens with one attached hydrogen (secondary N) is 2. The Bertz CT molecular complexity index is 263. The molecule has 3 nitrogen and oxygen atoms in total. The molecule has 0 saturated heterocycles. The molecule has 1 aromatic rings. The van der Waals surface area contributed by atoms with Crippen LogP contribution < -0.4 is 5.32 Å². The predicted octanol–water partition coefficient (Wildman–Crippen LogP) is 1.77. The monoisotopic (exact) mass is 179 g/mol. The topological polar surface area (TPSA) is 40.7 Å². The van der Waals surface area contributed by atoms with Crippen molar-refractivity contribution < 1.29 is 0 Å². The first-order valence-corrected chi connectivity index (χ1v) is 4.65. The van der Waals surface area contributed by atoms with Gasteiger partial charge in [-0.15, -0.1) is 0 Å². The molecule has 0 fully saturated rings. The lowest BCUT2D eigenvalue weighted by Gasteiger charge is -1.99. The van der Waals surface area contributed by atoms with Gasteiger partial charge in [-0.2, -0.15) is 0 Å². The number of hydrogen-bond donors (Lipinski definition) is 2. The number of aromatic amines is 1. The van der Waals surface area contributed by atoms with E-state index < -0.39 is 0 Å². The third-order valence-electron chi connectivity index (χ3n) is 1.79. The summed E-state index contributed by atoms with van der Waals surface area (Å²) < 4.78 is 0. The highest BCUT2D eigenvalue weighted by molar-refractivity contribution is 4.99. The number of aryl methyl sites for hydroxylation is 1. The summed E-state index contributed by atoms with van der Waals surface area (Å²) >= 11 is 0. The van der Waals surface area contributed by atoms with Crippen molar-refractivity contribution >= 4 is 0 Å². The van der Waals surface area contributed by atoms with E-state index in [0.29, 0.717) is 0 Å². The van der Waals surface area contributed by atoms with E-state index in [1.165, 1.54) is 0 Å². The SMILES string of the molecule is C/C=C/CCNCc1cnc(C)[nH]1. The lowest BCUT2D eigenvalue weighted by Crippen LogP contribution is -2.14. The molecule has 0 radical (unpaired) electrons. The average molecular weight is 179 g/mol. The van der Waals surface area contributed by atoms with Gasteiger partial charge < -0.3 is 10.3 Å². The second kappa shape index (κ2) is 5.54. The van der Waals surface area contributed by atoms with Crippen LogP contribution in [0.25, 0.3) is 0 Å². The Balaban J connectivity index is 2.13. The molecule has 2 N–H and O–H groups in total. The number of aromatic nitrogens is 2. The molecule has 0 spiro atoms. The molecule has 0 aliphatic carbocycles. The van der Waals surface area contributed by atoms with Crippen molar-refractivity contribution in [3.63, 3.8) is 0 Å². The summed E-state index contributed by atoms with van der Waals surface area (Å²) in [6.07, 6.45) is 7.19. The van der Waals surface area contributed by atoms with E-state index in [0.717, 1.165) is 31.0 Å². The van der Waals surface area contributed by atoms with Gasteiger partial charge in [0.1, 0.15) is 5.82 Å². The number of H-pyrrole nitrogens is 1. The summed E-state index contributed by atoms with van der Waals surface area (Å²) in [5, 5.41) is 3.33. The van der Waals surface area contributed by atoms with Crippen LogP contribution in [0.2, 0.25) is 0 Å². The van der Waals surface area contributed by atoms with Crippen molar-refractivity contribution in [2.45, 2.75) is 26.8 Å². The summed E-state index contributed by atoms with van der Waals surface area (Å²) in [7, 11) is 0. The maximum Gasteiger partial charge on any atom is 0.103 e. The number of hydrogen-bond acceptors (Lipinski definition) is 2. The van der Waals surface area contributed by atoms with Crippen molar-refractivity contribution in [1.29, 1.82) is 0 Å². The molecule has 1 heterocycles. The zero-order valence-electron chi connectivity index (χ0n) is 8.30. The molecule has 13 heavy (non-hydrogen) atoms. The fourth-order valence-corrected chi connectivity index (χ4v) is 1.14. The van der Waals surface area contributed by atoms with Gasteiger partial charge in [0.2, 0.25) is 0 Å². The van der Waals surface area contributed by atoms with Crippen LogP contribution in [-0.4, -0.2) is 16.5 Å². The average Bonchev–Trinajstić information content (AvgIpc) is 2.51. The molecular weight excluding hydrogens is 162 g/mol. The maximum absolute atomic E-state index is 4.12. The molecule has 0 aromatic carbocycles. The predicted molar refractivity (Wildman–Crippen MR) is 54.5 cm³/mol. The van der Waals surface area contributed by atoms with Crippen molar-refractivity contribution in [2.24, 2.45) is 0 Å². The standard InChI is InChI=1S/C10H17N3/c1-3-4-5-6-11-7-10-8-12-9(2)13-10/h3-4,8,11H,5-7H2,1-2H3,(H,12,13)/b4-3+. The van der Waals surface area contributed by atoms with Crippen molar-refractivity contribution in [3.05, 3.63) is 29.9 Å². The Labute approximate surface area is 79.3 Å². The van der Waals surface area contributed by atoms with Gasteiger partial charge in [-0.05, 0) is 26.8 Å². The molecule has 0 atom stereocenters. The van der Waals surface area contributed by atoms with Crippen LogP contribution in [-0.2, 0) is 6.54 Å². The first kappa shape index (κ1) is 9.99. The fraction of sp³-hybridized carbons (Fsp3) is 0.500. The van der Waals surface area contributed by atoms with E-state index in [2.05, 4.69) is 27.4 Å². The van der Waals surface area contributed by atoms with Crippen LogP contribution in [0.5, 0.6) is 0 Å². The van der Waals surface area contributed by atoms with E-state index >= 15 is 0 Å². The fourth-order valence-electron chi connectivity index (χ4n) is 1.14. The highest BCUT2D eigenvalue weighted by Crippen LogP contribution is 1.94. The van der Waals surface area contributed by atoms with Crippen LogP contribution in [0.3, 0.4) is 0 Å². The molecule has 1 rings (SSSR count). The molecule has 0 saturated carbocycles. The minimum absolute atomic E-state index is 0.873. The number of allylic oxidation sites excluding steroid dienone is 1. The Hall–Kier alpha value is -1.09. The highest BCUT2D eigenvalue weighted by atomic mass is 14.9. The molecule has 72 valence electrons. The molecule has 3 heteroatoms. The van der Waals surface area contributed by atoms with Gasteiger partial charge in [-0.3, -0.25) is 0 Å². The minimum Gasteiger partial charge on any atom is -0.345 e.